The Hall–Kier alpha value is -2.58. The standard InChI is InChI=1S/C19H21N7S/c1-13-11-17(26-19(22-13)20-12-21-26)25-9-7-24(8-10-25)14(2)18-23-15-5-3-4-6-16(15)27-18/h3-6,11-12,14H,7-10H2,1-2H3/t14-/m0/s1. The summed E-state index contributed by atoms with van der Waals surface area (Å²) in [4.78, 5) is 18.4. The summed E-state index contributed by atoms with van der Waals surface area (Å²) in [5, 5.41) is 5.54. The van der Waals surface area contributed by atoms with Crippen molar-refractivity contribution in [2.45, 2.75) is 19.9 Å². The van der Waals surface area contributed by atoms with Gasteiger partial charge in [0.1, 0.15) is 17.2 Å². The van der Waals surface area contributed by atoms with Crippen molar-refractivity contribution in [1.29, 1.82) is 0 Å². The van der Waals surface area contributed by atoms with Gasteiger partial charge in [-0.15, -0.1) is 11.3 Å². The van der Waals surface area contributed by atoms with Crippen LogP contribution in [0.2, 0.25) is 0 Å². The number of para-hydroxylation sites is 1. The lowest BCUT2D eigenvalue weighted by Gasteiger charge is -2.38. The van der Waals surface area contributed by atoms with Gasteiger partial charge >= 0.3 is 0 Å². The van der Waals surface area contributed by atoms with Crippen LogP contribution in [0.1, 0.15) is 23.7 Å². The van der Waals surface area contributed by atoms with Crippen molar-refractivity contribution in [2.24, 2.45) is 0 Å². The molecular formula is C19H21N7S. The average molecular weight is 379 g/mol. The zero-order chi connectivity index (χ0) is 18.4. The molecule has 0 aliphatic carbocycles. The van der Waals surface area contributed by atoms with Crippen molar-refractivity contribution >= 4 is 33.1 Å². The lowest BCUT2D eigenvalue weighted by Crippen LogP contribution is -2.47. The number of hydrogen-bond donors (Lipinski definition) is 0. The van der Waals surface area contributed by atoms with E-state index in [-0.39, 0.29) is 0 Å². The van der Waals surface area contributed by atoms with E-state index in [1.54, 1.807) is 17.7 Å². The molecule has 8 heteroatoms. The molecule has 1 saturated heterocycles. The Morgan fingerprint density at radius 1 is 1.07 bits per heavy atom. The first-order chi connectivity index (χ1) is 13.2. The van der Waals surface area contributed by atoms with Gasteiger partial charge in [0.2, 0.25) is 0 Å². The maximum Gasteiger partial charge on any atom is 0.254 e. The highest BCUT2D eigenvalue weighted by Gasteiger charge is 2.25. The molecule has 1 atom stereocenters. The van der Waals surface area contributed by atoms with Crippen molar-refractivity contribution in [2.75, 3.05) is 31.1 Å². The first-order valence-corrected chi connectivity index (χ1v) is 10.0. The number of fused-ring (bicyclic) bond motifs is 2. The van der Waals surface area contributed by atoms with E-state index in [0.29, 0.717) is 11.8 Å². The highest BCUT2D eigenvalue weighted by molar-refractivity contribution is 7.18. The molecule has 1 aliphatic heterocycles. The minimum atomic E-state index is 0.329. The van der Waals surface area contributed by atoms with E-state index in [9.17, 15) is 0 Å². The number of rotatable bonds is 3. The molecule has 3 aromatic heterocycles. The molecule has 1 fully saturated rings. The smallest absolute Gasteiger partial charge is 0.254 e. The van der Waals surface area contributed by atoms with Crippen LogP contribution in [0.3, 0.4) is 0 Å². The van der Waals surface area contributed by atoms with Crippen LogP contribution in [-0.2, 0) is 0 Å². The molecule has 0 radical (unpaired) electrons. The summed E-state index contributed by atoms with van der Waals surface area (Å²) in [6, 6.07) is 10.8. The highest BCUT2D eigenvalue weighted by atomic mass is 32.1. The topological polar surface area (TPSA) is 62.5 Å². The maximum absolute atomic E-state index is 4.84. The summed E-state index contributed by atoms with van der Waals surface area (Å²) < 4.78 is 3.10. The molecule has 1 aliphatic rings. The zero-order valence-electron chi connectivity index (χ0n) is 15.4. The van der Waals surface area contributed by atoms with Gasteiger partial charge in [0.25, 0.3) is 5.78 Å². The third kappa shape index (κ3) is 2.94. The van der Waals surface area contributed by atoms with E-state index in [2.05, 4.69) is 62.1 Å². The molecule has 1 aromatic carbocycles. The minimum Gasteiger partial charge on any atom is -0.354 e. The Balaban J connectivity index is 1.34. The summed E-state index contributed by atoms with van der Waals surface area (Å²) in [6.45, 7) is 8.16. The normalized spacial score (nSPS) is 17.0. The third-order valence-corrected chi connectivity index (χ3v) is 6.42. The van der Waals surface area contributed by atoms with Gasteiger partial charge in [-0.05, 0) is 26.0 Å². The lowest BCUT2D eigenvalue weighted by atomic mass is 10.2. The number of nitrogens with zero attached hydrogens (tertiary/aromatic N) is 7. The molecule has 138 valence electrons. The zero-order valence-corrected chi connectivity index (χ0v) is 16.2. The van der Waals surface area contributed by atoms with Gasteiger partial charge in [-0.25, -0.2) is 9.97 Å². The summed E-state index contributed by atoms with van der Waals surface area (Å²) in [5.41, 5.74) is 2.07. The van der Waals surface area contributed by atoms with Crippen molar-refractivity contribution in [3.8, 4) is 0 Å². The largest absolute Gasteiger partial charge is 0.354 e. The molecule has 5 rings (SSSR count). The molecular weight excluding hydrogens is 358 g/mol. The van der Waals surface area contributed by atoms with Crippen LogP contribution in [-0.4, -0.2) is 55.6 Å². The molecule has 0 amide bonds. The molecule has 7 nitrogen and oxygen atoms in total. The highest BCUT2D eigenvalue weighted by Crippen LogP contribution is 2.30. The second kappa shape index (κ2) is 6.54. The van der Waals surface area contributed by atoms with Crippen LogP contribution in [0, 0.1) is 6.92 Å². The first kappa shape index (κ1) is 16.6. The molecule has 0 N–H and O–H groups in total. The molecule has 4 aromatic rings. The van der Waals surface area contributed by atoms with Crippen LogP contribution >= 0.6 is 11.3 Å². The fourth-order valence-corrected chi connectivity index (χ4v) is 4.75. The van der Waals surface area contributed by atoms with Gasteiger partial charge in [-0.3, -0.25) is 4.90 Å². The van der Waals surface area contributed by atoms with Gasteiger partial charge < -0.3 is 4.90 Å². The summed E-state index contributed by atoms with van der Waals surface area (Å²) >= 11 is 1.80. The molecule has 4 heterocycles. The average Bonchev–Trinajstić information content (AvgIpc) is 3.33. The van der Waals surface area contributed by atoms with Gasteiger partial charge in [0.05, 0.1) is 16.3 Å². The Morgan fingerprint density at radius 2 is 1.89 bits per heavy atom. The van der Waals surface area contributed by atoms with Crippen molar-refractivity contribution in [1.82, 2.24) is 29.5 Å². The Kier molecular flexibility index (Phi) is 4.02. The van der Waals surface area contributed by atoms with Gasteiger partial charge in [0.15, 0.2) is 0 Å². The summed E-state index contributed by atoms with van der Waals surface area (Å²) in [7, 11) is 0. The van der Waals surface area contributed by atoms with Gasteiger partial charge in [-0.1, -0.05) is 12.1 Å². The molecule has 27 heavy (non-hydrogen) atoms. The SMILES string of the molecule is Cc1cc(N2CCN([C@@H](C)c3nc4ccccc4s3)CC2)n2ncnc2n1. The fourth-order valence-electron chi connectivity index (χ4n) is 3.70. The van der Waals surface area contributed by atoms with Crippen molar-refractivity contribution in [3.05, 3.63) is 47.4 Å². The monoisotopic (exact) mass is 379 g/mol. The number of hydrogen-bond acceptors (Lipinski definition) is 7. The minimum absolute atomic E-state index is 0.329. The second-order valence-corrected chi connectivity index (χ2v) is 8.01. The predicted molar refractivity (Wildman–Crippen MR) is 107 cm³/mol. The van der Waals surface area contributed by atoms with E-state index in [1.165, 1.54) is 9.71 Å². The number of anilines is 1. The van der Waals surface area contributed by atoms with Crippen LogP contribution in [0.15, 0.2) is 36.7 Å². The third-order valence-electron chi connectivity index (χ3n) is 5.21. The van der Waals surface area contributed by atoms with Gasteiger partial charge in [-0.2, -0.15) is 14.6 Å². The van der Waals surface area contributed by atoms with E-state index in [1.807, 2.05) is 11.4 Å². The predicted octanol–water partition coefficient (Wildman–Crippen LogP) is 2.93. The van der Waals surface area contributed by atoms with Crippen molar-refractivity contribution in [3.63, 3.8) is 0 Å². The first-order valence-electron chi connectivity index (χ1n) is 9.21. The van der Waals surface area contributed by atoms with Crippen molar-refractivity contribution < 1.29 is 0 Å². The van der Waals surface area contributed by atoms with E-state index in [4.69, 9.17) is 4.98 Å². The summed E-state index contributed by atoms with van der Waals surface area (Å²) in [5.74, 6) is 1.73. The fraction of sp³-hybridized carbons (Fsp3) is 0.368. The van der Waals surface area contributed by atoms with E-state index < -0.39 is 0 Å². The maximum atomic E-state index is 4.84. The molecule has 0 bridgehead atoms. The Morgan fingerprint density at radius 3 is 2.70 bits per heavy atom. The molecule has 0 spiro atoms. The van der Waals surface area contributed by atoms with Gasteiger partial charge in [0, 0.05) is 37.9 Å². The summed E-state index contributed by atoms with van der Waals surface area (Å²) in [6.07, 6.45) is 1.57. The van der Waals surface area contributed by atoms with E-state index >= 15 is 0 Å². The molecule has 0 saturated carbocycles. The number of aryl methyl sites for hydroxylation is 1. The Labute approximate surface area is 161 Å². The molecule has 0 unspecified atom stereocenters. The Bertz CT molecular complexity index is 1060. The number of benzene rings is 1. The number of aromatic nitrogens is 5. The van der Waals surface area contributed by atoms with Crippen LogP contribution in [0.4, 0.5) is 5.82 Å². The van der Waals surface area contributed by atoms with Crippen LogP contribution in [0.5, 0.6) is 0 Å². The number of piperazine rings is 1. The number of thiazole rings is 1. The quantitative estimate of drug-likeness (QED) is 0.545. The van der Waals surface area contributed by atoms with E-state index in [0.717, 1.165) is 43.2 Å². The second-order valence-electron chi connectivity index (χ2n) is 6.95. The van der Waals surface area contributed by atoms with Crippen LogP contribution < -0.4 is 4.90 Å². The lowest BCUT2D eigenvalue weighted by molar-refractivity contribution is 0.198. The van der Waals surface area contributed by atoms with Crippen LogP contribution in [0.25, 0.3) is 16.0 Å².